The highest BCUT2D eigenvalue weighted by Gasteiger charge is 2.26. The lowest BCUT2D eigenvalue weighted by molar-refractivity contribution is -0.114. The fourth-order valence-corrected chi connectivity index (χ4v) is 4.12. The van der Waals surface area contributed by atoms with E-state index in [2.05, 4.69) is 5.32 Å². The van der Waals surface area contributed by atoms with Gasteiger partial charge in [0.15, 0.2) is 11.6 Å². The Labute approximate surface area is 203 Å². The molecule has 1 fully saturated rings. The Morgan fingerprint density at radius 3 is 2.60 bits per heavy atom. The Hall–Kier alpha value is -3.49. The van der Waals surface area contributed by atoms with Gasteiger partial charge < -0.3 is 19.9 Å². The maximum absolute atomic E-state index is 13.4. The van der Waals surface area contributed by atoms with Crippen molar-refractivity contribution in [1.82, 2.24) is 4.90 Å². The molecule has 0 spiro atoms. The minimum absolute atomic E-state index is 0.0788. The predicted molar refractivity (Wildman–Crippen MR) is 130 cm³/mol. The minimum atomic E-state index is -0.941. The zero-order valence-electron chi connectivity index (χ0n) is 19.4. The van der Waals surface area contributed by atoms with Crippen molar-refractivity contribution < 1.29 is 28.2 Å². The van der Waals surface area contributed by atoms with Crippen LogP contribution in [0.3, 0.4) is 0 Å². The van der Waals surface area contributed by atoms with Crippen LogP contribution in [0.2, 0.25) is 0 Å². The van der Waals surface area contributed by atoms with Gasteiger partial charge in [0.1, 0.15) is 30.3 Å². The zero-order valence-corrected chi connectivity index (χ0v) is 19.4. The molecule has 1 aliphatic rings. The van der Waals surface area contributed by atoms with Crippen LogP contribution in [0.5, 0.6) is 11.5 Å². The van der Waals surface area contributed by atoms with Crippen LogP contribution in [-0.4, -0.2) is 54.4 Å². The number of nitrogens with one attached hydrogen (secondary N) is 1. The van der Waals surface area contributed by atoms with Crippen LogP contribution in [-0.2, 0) is 4.79 Å². The third-order valence-electron chi connectivity index (χ3n) is 5.72. The molecule has 0 saturated carbocycles. The van der Waals surface area contributed by atoms with Crippen LogP contribution < -0.4 is 14.8 Å². The molecule has 0 aliphatic carbocycles. The molecule has 0 bridgehead atoms. The number of halogens is 2. The molecule has 8 heteroatoms. The van der Waals surface area contributed by atoms with Crippen molar-refractivity contribution in [3.63, 3.8) is 0 Å². The fourth-order valence-electron chi connectivity index (χ4n) is 4.12. The number of likely N-dealkylation sites (tertiary alicyclic amines) is 1. The number of carbonyl (C=O) groups excluding carboxylic acids is 1. The molecule has 2 atom stereocenters. The first-order valence-electron chi connectivity index (χ1n) is 11.5. The lowest BCUT2D eigenvalue weighted by atomic mass is 10.0. The number of hydrogen-bond acceptors (Lipinski definition) is 5. The summed E-state index contributed by atoms with van der Waals surface area (Å²) in [7, 11) is 0. The highest BCUT2D eigenvalue weighted by molar-refractivity contribution is 5.94. The molecule has 2 N–H and O–H groups in total. The van der Waals surface area contributed by atoms with Crippen molar-refractivity contribution >= 4 is 11.6 Å². The van der Waals surface area contributed by atoms with Gasteiger partial charge in [0, 0.05) is 44.3 Å². The Bertz CT molecular complexity index is 1160. The van der Waals surface area contributed by atoms with Gasteiger partial charge >= 0.3 is 0 Å². The monoisotopic (exact) mass is 482 g/mol. The van der Waals surface area contributed by atoms with E-state index in [-0.39, 0.29) is 24.4 Å². The van der Waals surface area contributed by atoms with Gasteiger partial charge in [-0.3, -0.25) is 9.69 Å². The van der Waals surface area contributed by atoms with Gasteiger partial charge in [-0.2, -0.15) is 0 Å². The quantitative estimate of drug-likeness (QED) is 0.471. The van der Waals surface area contributed by atoms with Crippen molar-refractivity contribution in [1.29, 1.82) is 0 Å². The molecule has 4 rings (SSSR count). The first-order chi connectivity index (χ1) is 16.9. The van der Waals surface area contributed by atoms with E-state index in [0.717, 1.165) is 23.3 Å². The summed E-state index contributed by atoms with van der Waals surface area (Å²) in [6, 6.07) is 18.6. The summed E-state index contributed by atoms with van der Waals surface area (Å²) in [5.74, 6) is -1.22. The molecule has 0 radical (unpaired) electrons. The minimum Gasteiger partial charge on any atom is -0.491 e. The van der Waals surface area contributed by atoms with Crippen LogP contribution in [0.25, 0.3) is 11.1 Å². The number of amides is 1. The molecule has 184 valence electrons. The van der Waals surface area contributed by atoms with Crippen LogP contribution in [0, 0.1) is 11.6 Å². The van der Waals surface area contributed by atoms with E-state index in [1.54, 1.807) is 6.07 Å². The third kappa shape index (κ3) is 6.77. The molecule has 35 heavy (non-hydrogen) atoms. The smallest absolute Gasteiger partial charge is 0.221 e. The second kappa shape index (κ2) is 11.3. The average molecular weight is 483 g/mol. The summed E-state index contributed by atoms with van der Waals surface area (Å²) >= 11 is 0. The van der Waals surface area contributed by atoms with Crippen molar-refractivity contribution in [2.75, 3.05) is 31.6 Å². The number of aliphatic hydroxyl groups is 1. The van der Waals surface area contributed by atoms with Crippen molar-refractivity contribution in [3.8, 4) is 22.6 Å². The number of rotatable bonds is 9. The third-order valence-corrected chi connectivity index (χ3v) is 5.72. The highest BCUT2D eigenvalue weighted by atomic mass is 19.2. The number of benzene rings is 3. The van der Waals surface area contributed by atoms with Crippen LogP contribution in [0.1, 0.15) is 13.3 Å². The van der Waals surface area contributed by atoms with E-state index in [1.165, 1.54) is 13.0 Å². The molecule has 1 saturated heterocycles. The first-order valence-corrected chi connectivity index (χ1v) is 11.5. The summed E-state index contributed by atoms with van der Waals surface area (Å²) in [6.07, 6.45) is -0.193. The standard InChI is InChI=1S/C27H28F2N2O4/c1-18(32)30-27-14-21(7-9-24(27)19-5-3-2-4-6-19)34-17-20(33)15-31-12-11-23(16-31)35-22-8-10-25(28)26(29)13-22/h2-10,13-14,20,23,33H,11-12,15-17H2,1H3,(H,30,32). The second-order valence-corrected chi connectivity index (χ2v) is 8.58. The van der Waals surface area contributed by atoms with E-state index >= 15 is 0 Å². The fraction of sp³-hybridized carbons (Fsp3) is 0.296. The molecule has 6 nitrogen and oxygen atoms in total. The SMILES string of the molecule is CC(=O)Nc1cc(OCC(O)CN2CCC(Oc3ccc(F)c(F)c3)C2)ccc1-c1ccccc1. The number of β-amino-alcohol motifs (C(OH)–C–C–N with tert-alkyl or cyclic N) is 1. The summed E-state index contributed by atoms with van der Waals surface area (Å²) in [5.41, 5.74) is 2.47. The maximum atomic E-state index is 13.4. The summed E-state index contributed by atoms with van der Waals surface area (Å²) in [4.78, 5) is 13.7. The van der Waals surface area contributed by atoms with Crippen molar-refractivity contribution in [3.05, 3.63) is 78.4 Å². The van der Waals surface area contributed by atoms with Crippen LogP contribution in [0.4, 0.5) is 14.5 Å². The highest BCUT2D eigenvalue weighted by Crippen LogP contribution is 2.31. The Morgan fingerprint density at radius 2 is 1.86 bits per heavy atom. The number of hydrogen-bond donors (Lipinski definition) is 2. The summed E-state index contributed by atoms with van der Waals surface area (Å²) < 4.78 is 38.0. The van der Waals surface area contributed by atoms with Crippen molar-refractivity contribution in [2.24, 2.45) is 0 Å². The van der Waals surface area contributed by atoms with Crippen LogP contribution >= 0.6 is 0 Å². The van der Waals surface area contributed by atoms with Gasteiger partial charge in [-0.15, -0.1) is 0 Å². The predicted octanol–water partition coefficient (Wildman–Crippen LogP) is 4.48. The number of carbonyl (C=O) groups is 1. The summed E-state index contributed by atoms with van der Waals surface area (Å²) in [5, 5.41) is 13.3. The molecule has 1 amide bonds. The van der Waals surface area contributed by atoms with Gasteiger partial charge in [0.2, 0.25) is 5.91 Å². The number of aliphatic hydroxyl groups excluding tert-OH is 1. The lowest BCUT2D eigenvalue weighted by Gasteiger charge is -2.21. The van der Waals surface area contributed by atoms with Crippen molar-refractivity contribution in [2.45, 2.75) is 25.6 Å². The van der Waals surface area contributed by atoms with Gasteiger partial charge in [0.25, 0.3) is 0 Å². The number of nitrogens with zero attached hydrogens (tertiary/aromatic N) is 1. The topological polar surface area (TPSA) is 71.0 Å². The Morgan fingerprint density at radius 1 is 1.09 bits per heavy atom. The van der Waals surface area contributed by atoms with E-state index in [9.17, 15) is 18.7 Å². The van der Waals surface area contributed by atoms with E-state index in [1.807, 2.05) is 47.4 Å². The molecule has 1 aliphatic heterocycles. The van der Waals surface area contributed by atoms with Gasteiger partial charge in [-0.05, 0) is 36.2 Å². The number of anilines is 1. The normalized spacial score (nSPS) is 16.6. The Kier molecular flexibility index (Phi) is 7.94. The molecular formula is C27H28F2N2O4. The van der Waals surface area contributed by atoms with E-state index in [4.69, 9.17) is 9.47 Å². The van der Waals surface area contributed by atoms with Gasteiger partial charge in [0.05, 0.1) is 5.69 Å². The van der Waals surface area contributed by atoms with E-state index < -0.39 is 17.7 Å². The zero-order chi connectivity index (χ0) is 24.8. The molecular weight excluding hydrogens is 454 g/mol. The van der Waals surface area contributed by atoms with Gasteiger partial charge in [-0.1, -0.05) is 30.3 Å². The molecule has 2 unspecified atom stereocenters. The molecule has 3 aromatic carbocycles. The molecule has 3 aromatic rings. The number of ether oxygens (including phenoxy) is 2. The molecule has 0 aromatic heterocycles. The maximum Gasteiger partial charge on any atom is 0.221 e. The van der Waals surface area contributed by atoms with E-state index in [0.29, 0.717) is 37.5 Å². The Balaban J connectivity index is 1.30. The molecule has 1 heterocycles. The average Bonchev–Trinajstić information content (AvgIpc) is 3.27. The second-order valence-electron chi connectivity index (χ2n) is 8.58. The first kappa shape index (κ1) is 24.6. The largest absolute Gasteiger partial charge is 0.491 e. The lowest BCUT2D eigenvalue weighted by Crippen LogP contribution is -2.35. The summed E-state index contributed by atoms with van der Waals surface area (Å²) in [6.45, 7) is 3.19. The van der Waals surface area contributed by atoms with Crippen LogP contribution in [0.15, 0.2) is 66.7 Å². The van der Waals surface area contributed by atoms with Gasteiger partial charge in [-0.25, -0.2) is 8.78 Å².